The molecule has 0 fully saturated rings. The number of nitrogens with one attached hydrogen (secondary N) is 1. The molecule has 3 aromatic rings. The molecule has 0 aliphatic heterocycles. The van der Waals surface area contributed by atoms with Crippen molar-refractivity contribution in [3.05, 3.63) is 71.1 Å². The molecule has 2 N–H and O–H groups in total. The van der Waals surface area contributed by atoms with E-state index in [1.165, 1.54) is 18.2 Å². The summed E-state index contributed by atoms with van der Waals surface area (Å²) < 4.78 is 29.0. The van der Waals surface area contributed by atoms with Crippen LogP contribution in [0, 0.1) is 29.4 Å². The van der Waals surface area contributed by atoms with Crippen LogP contribution in [0.5, 0.6) is 0 Å². The predicted octanol–water partition coefficient (Wildman–Crippen LogP) is 4.84. The highest BCUT2D eigenvalue weighted by atomic mass is 19.1. The molecule has 1 amide bonds. The number of hydrogen-bond donors (Lipinski definition) is 2. The Morgan fingerprint density at radius 1 is 1.06 bits per heavy atom. The summed E-state index contributed by atoms with van der Waals surface area (Å²) in [5, 5.41) is 20.1. The first-order valence-electron chi connectivity index (χ1n) is 11.3. The Bertz CT molecular complexity index is 1280. The second kappa shape index (κ2) is 10.7. The highest BCUT2D eigenvalue weighted by Gasteiger charge is 2.32. The van der Waals surface area contributed by atoms with Gasteiger partial charge in [0.2, 0.25) is 0 Å². The van der Waals surface area contributed by atoms with Crippen LogP contribution in [0.25, 0.3) is 11.3 Å². The molecule has 1 aromatic carbocycles. The maximum Gasteiger partial charge on any atom is 0.251 e. The lowest BCUT2D eigenvalue weighted by Gasteiger charge is -2.27. The number of hydrogen-bond acceptors (Lipinski definition) is 5. The van der Waals surface area contributed by atoms with E-state index in [0.717, 1.165) is 0 Å². The van der Waals surface area contributed by atoms with Crippen molar-refractivity contribution >= 4 is 11.7 Å². The largest absolute Gasteiger partial charge is 0.387 e. The zero-order valence-electron chi connectivity index (χ0n) is 20.4. The number of amides is 1. The number of pyridine rings is 1. The van der Waals surface area contributed by atoms with E-state index < -0.39 is 29.6 Å². The number of aliphatic hydroxyl groups excluding tert-OH is 1. The summed E-state index contributed by atoms with van der Waals surface area (Å²) in [5.74, 6) is 4.42. The quantitative estimate of drug-likeness (QED) is 0.495. The van der Waals surface area contributed by atoms with Gasteiger partial charge in [0, 0.05) is 11.8 Å². The van der Waals surface area contributed by atoms with Crippen molar-refractivity contribution < 1.29 is 18.7 Å². The number of aliphatic hydroxyl groups is 1. The molecule has 2 aromatic heterocycles. The van der Waals surface area contributed by atoms with Crippen LogP contribution in [0.2, 0.25) is 0 Å². The fraction of sp³-hybridized carbons (Fsp3) is 0.333. The summed E-state index contributed by atoms with van der Waals surface area (Å²) in [6.07, 6.45) is 0. The molecule has 6 nitrogen and oxygen atoms in total. The normalized spacial score (nSPS) is 12.1. The first-order valence-corrected chi connectivity index (χ1v) is 11.3. The van der Waals surface area contributed by atoms with Crippen LogP contribution < -0.4 is 5.32 Å². The number of benzene rings is 1. The minimum atomic E-state index is -0.803. The molecule has 0 radical (unpaired) electrons. The average Bonchev–Trinajstić information content (AvgIpc) is 2.82. The second-order valence-electron chi connectivity index (χ2n) is 9.03. The van der Waals surface area contributed by atoms with Crippen molar-refractivity contribution in [2.24, 2.45) is 5.92 Å². The number of aromatic nitrogens is 3. The minimum absolute atomic E-state index is 0.0743. The molecule has 0 saturated carbocycles. The molecule has 0 aliphatic rings. The van der Waals surface area contributed by atoms with Gasteiger partial charge in [0.05, 0.1) is 28.1 Å². The number of rotatable bonds is 6. The van der Waals surface area contributed by atoms with Gasteiger partial charge in [-0.25, -0.2) is 13.8 Å². The number of nitrogens with zero attached hydrogens (tertiary/aromatic N) is 3. The van der Waals surface area contributed by atoms with E-state index in [2.05, 4.69) is 32.3 Å². The Balaban J connectivity index is 2.17. The van der Waals surface area contributed by atoms with E-state index in [9.17, 15) is 13.6 Å². The highest BCUT2D eigenvalue weighted by Crippen LogP contribution is 2.36. The molecule has 35 heavy (non-hydrogen) atoms. The van der Waals surface area contributed by atoms with E-state index in [1.807, 2.05) is 34.6 Å². The molecule has 1 atom stereocenters. The maximum absolute atomic E-state index is 14.5. The van der Waals surface area contributed by atoms with Crippen molar-refractivity contribution in [3.8, 4) is 23.1 Å². The van der Waals surface area contributed by atoms with Gasteiger partial charge in [-0.05, 0) is 56.7 Å². The molecule has 2 heterocycles. The third kappa shape index (κ3) is 5.87. The maximum atomic E-state index is 14.5. The van der Waals surface area contributed by atoms with Crippen molar-refractivity contribution in [1.82, 2.24) is 15.2 Å². The molecule has 3 rings (SSSR count). The summed E-state index contributed by atoms with van der Waals surface area (Å²) >= 11 is 0. The lowest BCUT2D eigenvalue weighted by Crippen LogP contribution is -2.26. The van der Waals surface area contributed by atoms with Gasteiger partial charge in [0.1, 0.15) is 24.1 Å². The fourth-order valence-electron chi connectivity index (χ4n) is 3.61. The van der Waals surface area contributed by atoms with Crippen LogP contribution in [-0.4, -0.2) is 32.8 Å². The van der Waals surface area contributed by atoms with E-state index in [-0.39, 0.29) is 28.9 Å². The average molecular weight is 479 g/mol. The van der Waals surface area contributed by atoms with Gasteiger partial charge in [-0.1, -0.05) is 37.8 Å². The second-order valence-corrected chi connectivity index (χ2v) is 9.03. The van der Waals surface area contributed by atoms with Crippen LogP contribution in [-0.2, 0) is 10.2 Å². The zero-order valence-corrected chi connectivity index (χ0v) is 20.4. The smallest absolute Gasteiger partial charge is 0.251 e. The topological polar surface area (TPSA) is 88.0 Å². The van der Waals surface area contributed by atoms with Crippen LogP contribution in [0.15, 0.2) is 42.5 Å². The highest BCUT2D eigenvalue weighted by molar-refractivity contribution is 5.90. The van der Waals surface area contributed by atoms with Crippen LogP contribution in [0.3, 0.4) is 0 Å². The predicted molar refractivity (Wildman–Crippen MR) is 130 cm³/mol. The van der Waals surface area contributed by atoms with E-state index in [1.54, 1.807) is 24.3 Å². The Labute approximate surface area is 203 Å². The number of carbonyl (C=O) groups is 1. The van der Waals surface area contributed by atoms with Gasteiger partial charge in [0.15, 0.2) is 0 Å². The first kappa shape index (κ1) is 25.9. The SMILES string of the molecule is CC(C)C#C[C@@H](C)c1cc(-c2c(F)cccc2F)nnc1C(C)(C)c1cccc(NC(=O)CO)n1. The molecule has 8 heteroatoms. The fourth-order valence-corrected chi connectivity index (χ4v) is 3.61. The minimum Gasteiger partial charge on any atom is -0.387 e. The molecular formula is C27H28F2N4O2. The molecule has 0 aliphatic carbocycles. The zero-order chi connectivity index (χ0) is 25.8. The Morgan fingerprint density at radius 2 is 1.71 bits per heavy atom. The monoisotopic (exact) mass is 478 g/mol. The van der Waals surface area contributed by atoms with Gasteiger partial charge >= 0.3 is 0 Å². The van der Waals surface area contributed by atoms with Crippen LogP contribution >= 0.6 is 0 Å². The number of anilines is 1. The number of carbonyl (C=O) groups excluding carboxylic acids is 1. The Hall–Kier alpha value is -3.70. The molecule has 0 spiro atoms. The van der Waals surface area contributed by atoms with Gasteiger partial charge in [-0.15, -0.1) is 5.10 Å². The van der Waals surface area contributed by atoms with Crippen LogP contribution in [0.4, 0.5) is 14.6 Å². The summed E-state index contributed by atoms with van der Waals surface area (Å²) in [5.41, 5.74) is 0.816. The van der Waals surface area contributed by atoms with Crippen molar-refractivity contribution in [1.29, 1.82) is 0 Å². The molecule has 0 saturated heterocycles. The van der Waals surface area contributed by atoms with Gasteiger partial charge in [0.25, 0.3) is 5.91 Å². The van der Waals surface area contributed by atoms with Crippen molar-refractivity contribution in [2.45, 2.75) is 46.0 Å². The molecule has 0 bridgehead atoms. The third-order valence-electron chi connectivity index (χ3n) is 5.49. The molecule has 182 valence electrons. The standard InChI is InChI=1S/C27H28F2N4O2/c1-16(2)12-13-17(3)18-14-21(25-19(28)8-6-9-20(25)29)32-33-26(18)27(4,5)22-10-7-11-23(30-22)31-24(35)15-34/h6-11,14,16-17,34H,15H2,1-5H3,(H,30,31,35)/t17-/m1/s1. The van der Waals surface area contributed by atoms with Gasteiger partial charge in [-0.3, -0.25) is 4.79 Å². The Morgan fingerprint density at radius 3 is 2.34 bits per heavy atom. The van der Waals surface area contributed by atoms with Crippen molar-refractivity contribution in [3.63, 3.8) is 0 Å². The van der Waals surface area contributed by atoms with Crippen molar-refractivity contribution in [2.75, 3.05) is 11.9 Å². The molecular weight excluding hydrogens is 450 g/mol. The molecule has 0 unspecified atom stereocenters. The van der Waals surface area contributed by atoms with E-state index in [0.29, 0.717) is 17.0 Å². The summed E-state index contributed by atoms with van der Waals surface area (Å²) in [6.45, 7) is 8.99. The van der Waals surface area contributed by atoms with E-state index in [4.69, 9.17) is 5.11 Å². The van der Waals surface area contributed by atoms with Crippen LogP contribution in [0.1, 0.15) is 57.5 Å². The third-order valence-corrected chi connectivity index (χ3v) is 5.49. The van der Waals surface area contributed by atoms with E-state index >= 15 is 0 Å². The lowest BCUT2D eigenvalue weighted by atomic mass is 9.80. The summed E-state index contributed by atoms with van der Waals surface area (Å²) in [4.78, 5) is 16.1. The van der Waals surface area contributed by atoms with Gasteiger partial charge in [-0.2, -0.15) is 5.10 Å². The Kier molecular flexibility index (Phi) is 7.92. The lowest BCUT2D eigenvalue weighted by molar-refractivity contribution is -0.118. The van der Waals surface area contributed by atoms with Gasteiger partial charge < -0.3 is 10.4 Å². The number of halogens is 2. The summed E-state index contributed by atoms with van der Waals surface area (Å²) in [6, 6.07) is 10.4. The summed E-state index contributed by atoms with van der Waals surface area (Å²) in [7, 11) is 0. The first-order chi connectivity index (χ1) is 16.5.